The van der Waals surface area contributed by atoms with Crippen LogP contribution in [0.25, 0.3) is 10.9 Å². The minimum absolute atomic E-state index is 0.0869. The van der Waals surface area contributed by atoms with Gasteiger partial charge < -0.3 is 4.98 Å². The summed E-state index contributed by atoms with van der Waals surface area (Å²) in [6.45, 7) is 1.81. The van der Waals surface area contributed by atoms with Crippen LogP contribution in [0.2, 0.25) is 0 Å². The van der Waals surface area contributed by atoms with Crippen LogP contribution in [0.5, 0.6) is 0 Å². The van der Waals surface area contributed by atoms with E-state index >= 15 is 0 Å². The monoisotopic (exact) mass is 225 g/mol. The first kappa shape index (κ1) is 9.84. The molecular weight excluding hydrogens is 214 g/mol. The molecule has 0 saturated carbocycles. The van der Waals surface area contributed by atoms with Gasteiger partial charge in [0.25, 0.3) is 5.91 Å². The van der Waals surface area contributed by atoms with Crippen molar-refractivity contribution in [2.45, 2.75) is 6.92 Å². The predicted octanol–water partition coefficient (Wildman–Crippen LogP) is 2.36. The Balaban J connectivity index is 2.10. The minimum Gasteiger partial charge on any atom is -0.351 e. The Morgan fingerprint density at radius 3 is 2.88 bits per heavy atom. The number of benzene rings is 1. The number of fused-ring (bicyclic) bond motifs is 1. The van der Waals surface area contributed by atoms with Gasteiger partial charge in [0.1, 0.15) is 11.5 Å². The average Bonchev–Trinajstić information content (AvgIpc) is 2.93. The molecule has 1 N–H and O–H groups in total. The number of imidazole rings is 1. The van der Waals surface area contributed by atoms with Crippen molar-refractivity contribution in [1.29, 1.82) is 0 Å². The van der Waals surface area contributed by atoms with Crippen molar-refractivity contribution in [3.05, 3.63) is 54.2 Å². The second kappa shape index (κ2) is 3.59. The number of aromatic nitrogens is 3. The molecule has 0 fully saturated rings. The fourth-order valence-corrected chi connectivity index (χ4v) is 1.91. The number of H-pyrrole nitrogens is 1. The van der Waals surface area contributed by atoms with E-state index in [1.165, 1.54) is 4.57 Å². The summed E-state index contributed by atoms with van der Waals surface area (Å²) in [5.74, 6) is 0.602. The van der Waals surface area contributed by atoms with E-state index in [0.717, 1.165) is 10.9 Å². The zero-order chi connectivity index (χ0) is 11.8. The molecule has 0 spiro atoms. The van der Waals surface area contributed by atoms with E-state index in [4.69, 9.17) is 0 Å². The van der Waals surface area contributed by atoms with Crippen LogP contribution in [0.1, 0.15) is 16.3 Å². The van der Waals surface area contributed by atoms with Crippen molar-refractivity contribution in [3.8, 4) is 0 Å². The lowest BCUT2D eigenvalue weighted by Gasteiger charge is -2.00. The second-order valence-corrected chi connectivity index (χ2v) is 3.92. The third kappa shape index (κ3) is 1.54. The number of para-hydroxylation sites is 1. The van der Waals surface area contributed by atoms with E-state index in [9.17, 15) is 4.79 Å². The van der Waals surface area contributed by atoms with Gasteiger partial charge in [0, 0.05) is 23.3 Å². The summed E-state index contributed by atoms with van der Waals surface area (Å²) in [4.78, 5) is 19.3. The average molecular weight is 225 g/mol. The third-order valence-corrected chi connectivity index (χ3v) is 2.80. The summed E-state index contributed by atoms with van der Waals surface area (Å²) in [5, 5.41) is 1.04. The number of rotatable bonds is 1. The molecule has 84 valence electrons. The van der Waals surface area contributed by atoms with Crippen LogP contribution in [0.15, 0.2) is 42.7 Å². The van der Waals surface area contributed by atoms with Crippen molar-refractivity contribution < 1.29 is 4.79 Å². The highest BCUT2D eigenvalue weighted by atomic mass is 16.2. The zero-order valence-corrected chi connectivity index (χ0v) is 9.34. The largest absolute Gasteiger partial charge is 0.351 e. The Hall–Kier alpha value is -2.36. The van der Waals surface area contributed by atoms with Crippen LogP contribution in [-0.4, -0.2) is 20.4 Å². The molecule has 2 heterocycles. The molecule has 4 nitrogen and oxygen atoms in total. The molecule has 0 aliphatic carbocycles. The normalized spacial score (nSPS) is 10.9. The van der Waals surface area contributed by atoms with Gasteiger partial charge >= 0.3 is 0 Å². The van der Waals surface area contributed by atoms with E-state index in [1.807, 2.05) is 30.3 Å². The quantitative estimate of drug-likeness (QED) is 0.691. The number of hydrogen-bond acceptors (Lipinski definition) is 2. The standard InChI is InChI=1S/C13H11N3O/c1-9-14-6-7-16(9)13(17)12-8-10-4-2-3-5-11(10)15-12/h2-8,15H,1H3. The molecule has 17 heavy (non-hydrogen) atoms. The topological polar surface area (TPSA) is 50.7 Å². The summed E-state index contributed by atoms with van der Waals surface area (Å²) in [7, 11) is 0. The molecule has 3 aromatic rings. The highest BCUT2D eigenvalue weighted by Crippen LogP contribution is 2.15. The SMILES string of the molecule is Cc1nccn1C(=O)c1cc2ccccc2[nH]1. The Labute approximate surface area is 97.9 Å². The van der Waals surface area contributed by atoms with Crippen LogP contribution in [0.3, 0.4) is 0 Å². The lowest BCUT2D eigenvalue weighted by atomic mass is 10.2. The number of carbonyl (C=O) groups is 1. The number of nitrogens with one attached hydrogen (secondary N) is 1. The Morgan fingerprint density at radius 2 is 2.18 bits per heavy atom. The van der Waals surface area contributed by atoms with Crippen molar-refractivity contribution in [3.63, 3.8) is 0 Å². The van der Waals surface area contributed by atoms with Crippen LogP contribution in [0, 0.1) is 6.92 Å². The maximum absolute atomic E-state index is 12.2. The van der Waals surface area contributed by atoms with Crippen LogP contribution in [-0.2, 0) is 0 Å². The first-order valence-corrected chi connectivity index (χ1v) is 5.38. The molecule has 0 amide bonds. The summed E-state index contributed by atoms with van der Waals surface area (Å²) in [6, 6.07) is 9.68. The first-order chi connectivity index (χ1) is 8.25. The van der Waals surface area contributed by atoms with Gasteiger partial charge in [-0.1, -0.05) is 18.2 Å². The molecule has 0 aliphatic heterocycles. The van der Waals surface area contributed by atoms with Crippen molar-refractivity contribution in [1.82, 2.24) is 14.5 Å². The Kier molecular flexibility index (Phi) is 2.08. The first-order valence-electron chi connectivity index (χ1n) is 5.38. The van der Waals surface area contributed by atoms with Crippen LogP contribution in [0.4, 0.5) is 0 Å². The smallest absolute Gasteiger partial charge is 0.279 e. The van der Waals surface area contributed by atoms with Gasteiger partial charge in [-0.2, -0.15) is 0 Å². The molecular formula is C13H11N3O. The minimum atomic E-state index is -0.0869. The molecule has 0 unspecified atom stereocenters. The van der Waals surface area contributed by atoms with Gasteiger partial charge in [-0.3, -0.25) is 9.36 Å². The summed E-state index contributed by atoms with van der Waals surface area (Å²) >= 11 is 0. The maximum Gasteiger partial charge on any atom is 0.279 e. The Morgan fingerprint density at radius 1 is 1.35 bits per heavy atom. The van der Waals surface area contributed by atoms with Crippen LogP contribution < -0.4 is 0 Å². The van der Waals surface area contributed by atoms with Gasteiger partial charge in [0.15, 0.2) is 0 Å². The Bertz CT molecular complexity index is 660. The lowest BCUT2D eigenvalue weighted by molar-refractivity contribution is 0.0953. The van der Waals surface area contributed by atoms with Gasteiger partial charge in [-0.25, -0.2) is 4.98 Å². The molecule has 0 radical (unpaired) electrons. The van der Waals surface area contributed by atoms with Gasteiger partial charge in [-0.05, 0) is 19.1 Å². The van der Waals surface area contributed by atoms with E-state index in [1.54, 1.807) is 19.3 Å². The van der Waals surface area contributed by atoms with E-state index in [2.05, 4.69) is 9.97 Å². The fourth-order valence-electron chi connectivity index (χ4n) is 1.91. The third-order valence-electron chi connectivity index (χ3n) is 2.80. The number of carbonyl (C=O) groups excluding carboxylic acids is 1. The number of aryl methyl sites for hydroxylation is 1. The van der Waals surface area contributed by atoms with Gasteiger partial charge in [-0.15, -0.1) is 0 Å². The van der Waals surface area contributed by atoms with Gasteiger partial charge in [0.05, 0.1) is 0 Å². The highest BCUT2D eigenvalue weighted by Gasteiger charge is 2.12. The van der Waals surface area contributed by atoms with E-state index < -0.39 is 0 Å². The highest BCUT2D eigenvalue weighted by molar-refractivity contribution is 5.99. The number of nitrogens with zero attached hydrogens (tertiary/aromatic N) is 2. The van der Waals surface area contributed by atoms with Crippen molar-refractivity contribution in [2.24, 2.45) is 0 Å². The molecule has 3 rings (SSSR count). The fraction of sp³-hybridized carbons (Fsp3) is 0.0769. The zero-order valence-electron chi connectivity index (χ0n) is 9.34. The van der Waals surface area contributed by atoms with Gasteiger partial charge in [0.2, 0.25) is 0 Å². The predicted molar refractivity (Wildman–Crippen MR) is 65.0 cm³/mol. The molecule has 0 bridgehead atoms. The van der Waals surface area contributed by atoms with Crippen molar-refractivity contribution >= 4 is 16.8 Å². The summed E-state index contributed by atoms with van der Waals surface area (Å²) < 4.78 is 1.53. The van der Waals surface area contributed by atoms with Crippen LogP contribution >= 0.6 is 0 Å². The second-order valence-electron chi connectivity index (χ2n) is 3.92. The van der Waals surface area contributed by atoms with Crippen molar-refractivity contribution in [2.75, 3.05) is 0 Å². The molecule has 1 aromatic carbocycles. The molecule has 4 heteroatoms. The molecule has 0 saturated heterocycles. The summed E-state index contributed by atoms with van der Waals surface area (Å²) in [5.41, 5.74) is 1.54. The maximum atomic E-state index is 12.2. The summed E-state index contributed by atoms with van der Waals surface area (Å²) in [6.07, 6.45) is 3.29. The van der Waals surface area contributed by atoms with E-state index in [0.29, 0.717) is 11.5 Å². The molecule has 0 atom stereocenters. The molecule has 2 aromatic heterocycles. The molecule has 0 aliphatic rings. The van der Waals surface area contributed by atoms with E-state index in [-0.39, 0.29) is 5.91 Å². The number of aromatic amines is 1. The lowest BCUT2D eigenvalue weighted by Crippen LogP contribution is -2.12. The number of hydrogen-bond donors (Lipinski definition) is 1.